The van der Waals surface area contributed by atoms with Crippen LogP contribution in [-0.4, -0.2) is 19.0 Å². The summed E-state index contributed by atoms with van der Waals surface area (Å²) in [4.78, 5) is 4.08. The third-order valence-corrected chi connectivity index (χ3v) is 1.69. The van der Waals surface area contributed by atoms with Crippen LogP contribution in [0.4, 0.5) is 0 Å². The lowest BCUT2D eigenvalue weighted by Gasteiger charge is -1.97. The summed E-state index contributed by atoms with van der Waals surface area (Å²) in [6, 6.07) is 3.58. The zero-order valence-corrected chi connectivity index (χ0v) is 7.06. The Labute approximate surface area is 75.7 Å². The number of hydrogen-bond acceptors (Lipinski definition) is 4. The van der Waals surface area contributed by atoms with Gasteiger partial charge >= 0.3 is 0 Å². The Kier molecular flexibility index (Phi) is 2.04. The van der Waals surface area contributed by atoms with Crippen molar-refractivity contribution in [2.45, 2.75) is 0 Å². The Morgan fingerprint density at radius 1 is 1.62 bits per heavy atom. The molecule has 0 radical (unpaired) electrons. The smallest absolute Gasteiger partial charge is 0.210 e. The Bertz CT molecular complexity index is 339. The zero-order chi connectivity index (χ0) is 9.10. The van der Waals surface area contributed by atoms with Crippen molar-refractivity contribution in [2.24, 2.45) is 10.7 Å². The second-order valence-corrected chi connectivity index (χ2v) is 2.65. The van der Waals surface area contributed by atoms with Crippen molar-refractivity contribution in [3.05, 3.63) is 30.2 Å². The molecular formula is C9H10N2O2. The van der Waals surface area contributed by atoms with E-state index in [0.29, 0.717) is 30.5 Å². The average Bonchev–Trinajstić information content (AvgIpc) is 2.74. The third kappa shape index (κ3) is 1.72. The van der Waals surface area contributed by atoms with Crippen molar-refractivity contribution in [2.75, 3.05) is 13.2 Å². The Morgan fingerprint density at radius 2 is 2.54 bits per heavy atom. The Hall–Kier alpha value is -1.71. The maximum Gasteiger partial charge on any atom is 0.210 e. The van der Waals surface area contributed by atoms with Crippen LogP contribution >= 0.6 is 0 Å². The van der Waals surface area contributed by atoms with Crippen molar-refractivity contribution >= 4 is 11.6 Å². The number of nitrogens with two attached hydrogens (primary N) is 1. The van der Waals surface area contributed by atoms with Gasteiger partial charge in [0, 0.05) is 6.08 Å². The van der Waals surface area contributed by atoms with Crippen molar-refractivity contribution in [1.82, 2.24) is 0 Å². The van der Waals surface area contributed by atoms with E-state index in [-0.39, 0.29) is 0 Å². The van der Waals surface area contributed by atoms with Crippen LogP contribution in [0.25, 0.3) is 5.70 Å². The fourth-order valence-corrected chi connectivity index (χ4v) is 1.09. The molecule has 0 spiro atoms. The van der Waals surface area contributed by atoms with E-state index in [4.69, 9.17) is 14.9 Å². The molecule has 0 aromatic carbocycles. The molecule has 2 N–H and O–H groups in total. The monoisotopic (exact) mass is 178 g/mol. The summed E-state index contributed by atoms with van der Waals surface area (Å²) in [6.45, 7) is 1.34. The van der Waals surface area contributed by atoms with Gasteiger partial charge in [-0.25, -0.2) is 4.99 Å². The second-order valence-electron chi connectivity index (χ2n) is 2.65. The Morgan fingerprint density at radius 3 is 3.15 bits per heavy atom. The molecule has 2 heterocycles. The molecule has 0 amide bonds. The van der Waals surface area contributed by atoms with Gasteiger partial charge in [-0.05, 0) is 12.1 Å². The molecule has 0 fully saturated rings. The van der Waals surface area contributed by atoms with Crippen molar-refractivity contribution in [1.29, 1.82) is 0 Å². The molecule has 2 rings (SSSR count). The molecule has 0 aliphatic carbocycles. The molecule has 0 saturated heterocycles. The van der Waals surface area contributed by atoms with Gasteiger partial charge in [0.15, 0.2) is 0 Å². The zero-order valence-electron chi connectivity index (χ0n) is 7.06. The lowest BCUT2D eigenvalue weighted by Crippen LogP contribution is -2.01. The van der Waals surface area contributed by atoms with Gasteiger partial charge in [0.1, 0.15) is 12.4 Å². The van der Waals surface area contributed by atoms with Crippen LogP contribution in [0.2, 0.25) is 0 Å². The van der Waals surface area contributed by atoms with Crippen LogP contribution in [0.15, 0.2) is 33.9 Å². The van der Waals surface area contributed by atoms with Crippen molar-refractivity contribution in [3.63, 3.8) is 0 Å². The van der Waals surface area contributed by atoms with E-state index in [0.717, 1.165) is 0 Å². The molecule has 68 valence electrons. The first-order valence-corrected chi connectivity index (χ1v) is 4.04. The molecule has 0 unspecified atom stereocenters. The highest BCUT2D eigenvalue weighted by molar-refractivity contribution is 5.94. The van der Waals surface area contributed by atoms with E-state index in [1.807, 2.05) is 0 Å². The maximum atomic E-state index is 5.73. The molecule has 1 aliphatic rings. The minimum atomic E-state index is 0.533. The van der Waals surface area contributed by atoms with Gasteiger partial charge in [-0.3, -0.25) is 0 Å². The number of ether oxygens (including phenoxy) is 1. The molecule has 0 atom stereocenters. The van der Waals surface area contributed by atoms with E-state index in [1.54, 1.807) is 24.5 Å². The standard InChI is InChI=1S/C9H10N2O2/c10-7(8-2-1-4-12-8)6-9-11-3-5-13-9/h1-2,4,6H,3,5,10H2/b7-6-. The highest BCUT2D eigenvalue weighted by atomic mass is 16.5. The molecule has 1 aromatic heterocycles. The number of nitrogens with zero attached hydrogens (tertiary/aromatic N) is 1. The van der Waals surface area contributed by atoms with Crippen molar-refractivity contribution in [3.8, 4) is 0 Å². The largest absolute Gasteiger partial charge is 0.476 e. The van der Waals surface area contributed by atoms with Gasteiger partial charge < -0.3 is 14.9 Å². The molecule has 1 aliphatic heterocycles. The minimum absolute atomic E-state index is 0.533. The number of furan rings is 1. The van der Waals surface area contributed by atoms with Gasteiger partial charge in [-0.1, -0.05) is 0 Å². The van der Waals surface area contributed by atoms with E-state index in [2.05, 4.69) is 4.99 Å². The fourth-order valence-electron chi connectivity index (χ4n) is 1.09. The molecule has 4 heteroatoms. The number of rotatable bonds is 2. The van der Waals surface area contributed by atoms with Gasteiger partial charge in [-0.2, -0.15) is 0 Å². The summed E-state index contributed by atoms with van der Waals surface area (Å²) < 4.78 is 10.3. The predicted octanol–water partition coefficient (Wildman–Crippen LogP) is 1.01. The third-order valence-electron chi connectivity index (χ3n) is 1.69. The van der Waals surface area contributed by atoms with Crippen LogP contribution in [0.5, 0.6) is 0 Å². The van der Waals surface area contributed by atoms with Gasteiger partial charge in [0.25, 0.3) is 0 Å². The second kappa shape index (κ2) is 3.35. The highest BCUT2D eigenvalue weighted by Gasteiger charge is 2.06. The summed E-state index contributed by atoms with van der Waals surface area (Å²) >= 11 is 0. The minimum Gasteiger partial charge on any atom is -0.476 e. The van der Waals surface area contributed by atoms with E-state index in [1.165, 1.54) is 0 Å². The summed E-state index contributed by atoms with van der Waals surface area (Å²) in [5, 5.41) is 0. The summed E-state index contributed by atoms with van der Waals surface area (Å²) in [5.41, 5.74) is 6.26. The first kappa shape index (κ1) is 7.91. The summed E-state index contributed by atoms with van der Waals surface area (Å²) in [7, 11) is 0. The van der Waals surface area contributed by atoms with Crippen LogP contribution in [0, 0.1) is 0 Å². The average molecular weight is 178 g/mol. The first-order chi connectivity index (χ1) is 6.36. The molecule has 1 aromatic rings. The quantitative estimate of drug-likeness (QED) is 0.735. The highest BCUT2D eigenvalue weighted by Crippen LogP contribution is 2.10. The molecule has 13 heavy (non-hydrogen) atoms. The lowest BCUT2D eigenvalue weighted by atomic mass is 10.3. The number of aliphatic imine (C=N–C) groups is 1. The topological polar surface area (TPSA) is 60.8 Å². The molecular weight excluding hydrogens is 168 g/mol. The van der Waals surface area contributed by atoms with Gasteiger partial charge in [0.05, 0.1) is 18.5 Å². The van der Waals surface area contributed by atoms with E-state index >= 15 is 0 Å². The fraction of sp³-hybridized carbons (Fsp3) is 0.222. The van der Waals surface area contributed by atoms with E-state index < -0.39 is 0 Å². The molecule has 0 saturated carbocycles. The maximum absolute atomic E-state index is 5.73. The van der Waals surface area contributed by atoms with Gasteiger partial charge in [-0.15, -0.1) is 0 Å². The lowest BCUT2D eigenvalue weighted by molar-refractivity contribution is 0.350. The summed E-state index contributed by atoms with van der Waals surface area (Å²) in [5.74, 6) is 1.21. The van der Waals surface area contributed by atoms with Crippen molar-refractivity contribution < 1.29 is 9.15 Å². The first-order valence-electron chi connectivity index (χ1n) is 4.04. The molecule has 4 nitrogen and oxygen atoms in total. The van der Waals surface area contributed by atoms with E-state index in [9.17, 15) is 0 Å². The van der Waals surface area contributed by atoms with Gasteiger partial charge in [0.2, 0.25) is 5.90 Å². The van der Waals surface area contributed by atoms with Crippen LogP contribution in [0.1, 0.15) is 5.76 Å². The van der Waals surface area contributed by atoms with Crippen LogP contribution in [-0.2, 0) is 4.74 Å². The SMILES string of the molecule is N/C(=C\C1=NCCO1)c1ccco1. The van der Waals surface area contributed by atoms with Crippen LogP contribution < -0.4 is 5.73 Å². The summed E-state index contributed by atoms with van der Waals surface area (Å²) in [6.07, 6.45) is 3.25. The normalized spacial score (nSPS) is 16.9. The van der Waals surface area contributed by atoms with Crippen LogP contribution in [0.3, 0.4) is 0 Å². The predicted molar refractivity (Wildman–Crippen MR) is 49.1 cm³/mol. The molecule has 0 bridgehead atoms. The number of hydrogen-bond donors (Lipinski definition) is 1. The Balaban J connectivity index is 2.16.